The van der Waals surface area contributed by atoms with Crippen LogP contribution in [0.4, 0.5) is 4.79 Å². The Labute approximate surface area is 103 Å². The Hall–Kier alpha value is -1.30. The zero-order valence-corrected chi connectivity index (χ0v) is 10.6. The molecule has 0 aliphatic carbocycles. The van der Waals surface area contributed by atoms with Crippen molar-refractivity contribution < 1.29 is 9.53 Å². The zero-order chi connectivity index (χ0) is 12.0. The molecule has 6 heteroatoms. The molecule has 0 spiro atoms. The highest BCUT2D eigenvalue weighted by molar-refractivity contribution is 9.12. The summed E-state index contributed by atoms with van der Waals surface area (Å²) < 4.78 is 5.65. The first-order valence-electron chi connectivity index (χ1n) is 4.95. The van der Waals surface area contributed by atoms with Gasteiger partial charge in [-0.25, -0.2) is 9.79 Å². The largest absolute Gasteiger partial charge is 0.450 e. The molecule has 1 rings (SSSR count). The number of rotatable bonds is 2. The average molecular weight is 288 g/mol. The molecule has 0 aromatic heterocycles. The van der Waals surface area contributed by atoms with Gasteiger partial charge in [0.2, 0.25) is 0 Å². The van der Waals surface area contributed by atoms with Crippen LogP contribution in [0.3, 0.4) is 0 Å². The van der Waals surface area contributed by atoms with E-state index in [1.54, 1.807) is 13.1 Å². The summed E-state index contributed by atoms with van der Waals surface area (Å²) in [4.78, 5) is 15.2. The number of nitrogens with one attached hydrogen (secondary N) is 1. The van der Waals surface area contributed by atoms with Gasteiger partial charge in [0.1, 0.15) is 5.82 Å². The van der Waals surface area contributed by atoms with Crippen molar-refractivity contribution in [3.63, 3.8) is 0 Å². The molecule has 0 atom stereocenters. The number of aliphatic imine (C=N–C) groups is 1. The Bertz CT molecular complexity index is 361. The van der Waals surface area contributed by atoms with Crippen molar-refractivity contribution in [1.29, 1.82) is 0 Å². The molecule has 0 bridgehead atoms. The van der Waals surface area contributed by atoms with Crippen molar-refractivity contribution in [3.8, 4) is 0 Å². The molecule has 88 valence electrons. The number of allylic oxidation sites excluding steroid dienone is 3. The Morgan fingerprint density at radius 3 is 3.19 bits per heavy atom. The number of alkyl carbamates (subject to hydrolysis) is 1. The summed E-state index contributed by atoms with van der Waals surface area (Å²) in [6, 6.07) is 0. The number of ether oxygens (including phenoxy) is 1. The van der Waals surface area contributed by atoms with Crippen LogP contribution >= 0.6 is 15.9 Å². The molecule has 1 aliphatic rings. The number of nitrogens with zero attached hydrogens (tertiary/aromatic N) is 1. The van der Waals surface area contributed by atoms with Gasteiger partial charge in [0.15, 0.2) is 0 Å². The highest BCUT2D eigenvalue weighted by atomic mass is 79.9. The van der Waals surface area contributed by atoms with Crippen LogP contribution in [0.5, 0.6) is 0 Å². The number of hydrogen-bond acceptors (Lipinski definition) is 4. The summed E-state index contributed by atoms with van der Waals surface area (Å²) in [6.07, 6.45) is 4.45. The molecular formula is C10H14BrN3O2. The third-order valence-corrected chi connectivity index (χ3v) is 2.43. The van der Waals surface area contributed by atoms with E-state index in [1.807, 2.05) is 6.08 Å². The molecule has 16 heavy (non-hydrogen) atoms. The lowest BCUT2D eigenvalue weighted by molar-refractivity contribution is 0.154. The maximum absolute atomic E-state index is 11.2. The van der Waals surface area contributed by atoms with Crippen LogP contribution in [0.1, 0.15) is 19.8 Å². The van der Waals surface area contributed by atoms with E-state index in [4.69, 9.17) is 10.5 Å². The molecule has 3 N–H and O–H groups in total. The van der Waals surface area contributed by atoms with E-state index in [-0.39, 0.29) is 0 Å². The van der Waals surface area contributed by atoms with Crippen LogP contribution in [-0.4, -0.2) is 18.9 Å². The summed E-state index contributed by atoms with van der Waals surface area (Å²) >= 11 is 3.32. The van der Waals surface area contributed by atoms with Gasteiger partial charge >= 0.3 is 6.09 Å². The smallest absolute Gasteiger partial charge is 0.411 e. The lowest BCUT2D eigenvalue weighted by Gasteiger charge is -2.11. The molecule has 1 aliphatic heterocycles. The maximum Gasteiger partial charge on any atom is 0.411 e. The predicted molar refractivity (Wildman–Crippen MR) is 66.1 cm³/mol. The second kappa shape index (κ2) is 6.32. The minimum Gasteiger partial charge on any atom is -0.450 e. The van der Waals surface area contributed by atoms with Gasteiger partial charge < -0.3 is 10.5 Å². The first kappa shape index (κ1) is 12.8. The van der Waals surface area contributed by atoms with Gasteiger partial charge in [-0.2, -0.15) is 0 Å². The molecule has 1 heterocycles. The van der Waals surface area contributed by atoms with Gasteiger partial charge in [0.25, 0.3) is 0 Å². The lowest BCUT2D eigenvalue weighted by atomic mass is 10.2. The van der Waals surface area contributed by atoms with Gasteiger partial charge in [-0.1, -0.05) is 6.08 Å². The van der Waals surface area contributed by atoms with Gasteiger partial charge in [-0.3, -0.25) is 5.32 Å². The molecule has 0 aromatic rings. The first-order valence-corrected chi connectivity index (χ1v) is 5.75. The monoisotopic (exact) mass is 287 g/mol. The highest BCUT2D eigenvalue weighted by Crippen LogP contribution is 2.14. The summed E-state index contributed by atoms with van der Waals surface area (Å²) in [7, 11) is 0. The Morgan fingerprint density at radius 1 is 1.75 bits per heavy atom. The summed E-state index contributed by atoms with van der Waals surface area (Å²) in [5.74, 6) is 0.304. The van der Waals surface area contributed by atoms with Gasteiger partial charge in [-0.05, 0) is 35.7 Å². The first-order chi connectivity index (χ1) is 7.63. The number of hydrogen-bond donors (Lipinski definition) is 2. The fraction of sp³-hybridized carbons (Fsp3) is 0.400. The van der Waals surface area contributed by atoms with E-state index in [0.29, 0.717) is 24.5 Å². The third-order valence-electron chi connectivity index (χ3n) is 1.90. The van der Waals surface area contributed by atoms with Gasteiger partial charge in [-0.15, -0.1) is 0 Å². The minimum absolute atomic E-state index is 0.304. The quantitative estimate of drug-likeness (QED) is 0.816. The molecule has 0 fully saturated rings. The highest BCUT2D eigenvalue weighted by Gasteiger charge is 2.09. The topological polar surface area (TPSA) is 76.7 Å². The van der Waals surface area contributed by atoms with E-state index in [0.717, 1.165) is 10.9 Å². The average Bonchev–Trinajstić information content (AvgIpc) is 2.23. The van der Waals surface area contributed by atoms with Crippen molar-refractivity contribution in [3.05, 3.63) is 22.1 Å². The number of halogens is 1. The van der Waals surface area contributed by atoms with Crippen LogP contribution < -0.4 is 11.1 Å². The lowest BCUT2D eigenvalue weighted by Crippen LogP contribution is -2.26. The maximum atomic E-state index is 11.2. The van der Waals surface area contributed by atoms with Gasteiger partial charge in [0, 0.05) is 10.7 Å². The summed E-state index contributed by atoms with van der Waals surface area (Å²) in [5, 5.41) is 2.59. The van der Waals surface area contributed by atoms with Crippen molar-refractivity contribution in [1.82, 2.24) is 5.32 Å². The Morgan fingerprint density at radius 2 is 2.50 bits per heavy atom. The zero-order valence-electron chi connectivity index (χ0n) is 9.00. The SMILES string of the molecule is CCOC(=O)N/C1=C(N)/N=C\C(Br)=C/CC1. The molecule has 5 nitrogen and oxygen atoms in total. The number of carbonyl (C=O) groups excluding carboxylic acids is 1. The van der Waals surface area contributed by atoms with E-state index in [1.165, 1.54) is 0 Å². The van der Waals surface area contributed by atoms with E-state index >= 15 is 0 Å². The second-order valence-electron chi connectivity index (χ2n) is 3.10. The van der Waals surface area contributed by atoms with Crippen molar-refractivity contribution in [2.75, 3.05) is 6.61 Å². The standard InChI is InChI=1S/C10H14BrN3O2/c1-2-16-10(15)14-8-5-3-4-7(11)6-13-9(8)12/h4,6H,2-3,5,12H2,1H3,(H,14,15)/b7-4+,9-8+,13-6-. The third kappa shape index (κ3) is 4.06. The molecule has 0 aromatic carbocycles. The molecule has 0 saturated heterocycles. The van der Waals surface area contributed by atoms with E-state index in [2.05, 4.69) is 26.2 Å². The fourth-order valence-electron chi connectivity index (χ4n) is 1.16. The molecule has 0 saturated carbocycles. The van der Waals surface area contributed by atoms with Crippen LogP contribution in [0.25, 0.3) is 0 Å². The molecule has 1 amide bonds. The summed E-state index contributed by atoms with van der Waals surface area (Å²) in [6.45, 7) is 2.07. The van der Waals surface area contributed by atoms with Crippen LogP contribution in [-0.2, 0) is 4.74 Å². The normalized spacial score (nSPS) is 26.0. The number of nitrogens with two attached hydrogens (primary N) is 1. The number of amides is 1. The van der Waals surface area contributed by atoms with Crippen LogP contribution in [0, 0.1) is 0 Å². The molecule has 0 radical (unpaired) electrons. The molecule has 0 unspecified atom stereocenters. The minimum atomic E-state index is -0.501. The van der Waals surface area contributed by atoms with E-state index in [9.17, 15) is 4.79 Å². The fourth-order valence-corrected chi connectivity index (χ4v) is 1.49. The Kier molecular flexibility index (Phi) is 5.04. The number of carbonyl (C=O) groups is 1. The van der Waals surface area contributed by atoms with Crippen LogP contribution in [0.2, 0.25) is 0 Å². The van der Waals surface area contributed by atoms with Crippen molar-refractivity contribution in [2.24, 2.45) is 10.7 Å². The Balaban J connectivity index is 2.71. The molecular weight excluding hydrogens is 274 g/mol. The van der Waals surface area contributed by atoms with Gasteiger partial charge in [0.05, 0.1) is 12.3 Å². The van der Waals surface area contributed by atoms with E-state index < -0.39 is 6.09 Å². The van der Waals surface area contributed by atoms with Crippen molar-refractivity contribution >= 4 is 28.2 Å². The van der Waals surface area contributed by atoms with Crippen LogP contribution in [0.15, 0.2) is 27.1 Å². The van der Waals surface area contributed by atoms with Crippen molar-refractivity contribution in [2.45, 2.75) is 19.8 Å². The predicted octanol–water partition coefficient (Wildman–Crippen LogP) is 2.00. The second-order valence-corrected chi connectivity index (χ2v) is 4.01. The summed E-state index contributed by atoms with van der Waals surface area (Å²) in [5.41, 5.74) is 6.31.